The number of aromatic nitrogens is 1. The third kappa shape index (κ3) is 13.8. The van der Waals surface area contributed by atoms with Gasteiger partial charge in [0, 0.05) is 35.8 Å². The number of nitrogens with one attached hydrogen (secondary N) is 4. The van der Waals surface area contributed by atoms with E-state index in [0.717, 1.165) is 45.8 Å². The maximum Gasteiger partial charge on any atom is 0.326 e. The summed E-state index contributed by atoms with van der Waals surface area (Å²) in [7, 11) is 0. The third-order valence-electron chi connectivity index (χ3n) is 7.14. The van der Waals surface area contributed by atoms with E-state index in [-0.39, 0.29) is 5.96 Å². The molecule has 0 aliphatic heterocycles. The van der Waals surface area contributed by atoms with Gasteiger partial charge in [0.15, 0.2) is 5.96 Å². The molecular formula is C33H47N9O5. The molecule has 4 aromatic rings. The molecular weight excluding hydrogens is 602 g/mol. The van der Waals surface area contributed by atoms with Crippen molar-refractivity contribution in [1.82, 2.24) is 10.3 Å². The van der Waals surface area contributed by atoms with E-state index in [4.69, 9.17) is 39.2 Å². The molecule has 16 N–H and O–H groups in total. The number of hydrogen-bond donors (Lipinski definition) is 11. The largest absolute Gasteiger partial charge is 0.480 e. The van der Waals surface area contributed by atoms with Crippen LogP contribution in [0.2, 0.25) is 0 Å². The molecule has 4 rings (SSSR count). The number of primary amides is 1. The average Bonchev–Trinajstić information content (AvgIpc) is 3.45. The van der Waals surface area contributed by atoms with Crippen LogP contribution in [0.4, 0.5) is 5.69 Å². The van der Waals surface area contributed by atoms with Gasteiger partial charge in [-0.2, -0.15) is 0 Å². The van der Waals surface area contributed by atoms with E-state index in [0.29, 0.717) is 38.8 Å². The van der Waals surface area contributed by atoms with Crippen molar-refractivity contribution in [1.29, 1.82) is 5.41 Å². The Bertz CT molecular complexity index is 1590. The number of carboxylic acid groups (broad SMARTS) is 2. The summed E-state index contributed by atoms with van der Waals surface area (Å²) in [6.45, 7) is 1.13. The number of hydrogen-bond acceptors (Lipinski definition) is 8. The quantitative estimate of drug-likeness (QED) is 0.0503. The molecule has 47 heavy (non-hydrogen) atoms. The van der Waals surface area contributed by atoms with Crippen molar-refractivity contribution in [3.63, 3.8) is 0 Å². The van der Waals surface area contributed by atoms with Crippen molar-refractivity contribution in [3.8, 4) is 0 Å². The summed E-state index contributed by atoms with van der Waals surface area (Å²) >= 11 is 0. The van der Waals surface area contributed by atoms with Crippen LogP contribution >= 0.6 is 0 Å². The van der Waals surface area contributed by atoms with Crippen LogP contribution in [0.25, 0.3) is 21.7 Å². The maximum absolute atomic E-state index is 11.3. The summed E-state index contributed by atoms with van der Waals surface area (Å²) in [5.74, 6) is -2.40. The summed E-state index contributed by atoms with van der Waals surface area (Å²) in [5.41, 5.74) is 28.9. The molecule has 1 amide bonds. The average molecular weight is 650 g/mol. The molecule has 3 aromatic carbocycles. The smallest absolute Gasteiger partial charge is 0.326 e. The molecule has 14 nitrogen and oxygen atoms in total. The lowest BCUT2D eigenvalue weighted by Gasteiger charge is -2.16. The zero-order valence-corrected chi connectivity index (χ0v) is 26.3. The molecule has 0 spiro atoms. The number of H-pyrrole nitrogens is 1. The highest BCUT2D eigenvalue weighted by molar-refractivity contribution is 5.87. The minimum atomic E-state index is -0.972. The second-order valence-corrected chi connectivity index (χ2v) is 10.9. The molecule has 0 saturated heterocycles. The lowest BCUT2D eigenvalue weighted by molar-refractivity contribution is -0.139. The molecule has 0 bridgehead atoms. The van der Waals surface area contributed by atoms with Crippen molar-refractivity contribution >= 4 is 51.2 Å². The van der Waals surface area contributed by atoms with Crippen molar-refractivity contribution in [2.75, 3.05) is 18.4 Å². The predicted molar refractivity (Wildman–Crippen MR) is 186 cm³/mol. The summed E-state index contributed by atoms with van der Waals surface area (Å²) in [6.07, 6.45) is 5.64. The number of carbonyl (C=O) groups is 3. The standard InChI is InChI=1S/C16H20N4O2.C11H12N2O2.C6H15N3O/c17-16(18)19-9-3-6-14(15(21)22)20-13-8-7-11-4-1-2-5-12(11)10-13;12-9(11(14)15)5-7-6-13-10-4-2-1-3-8(7)10;7-4-2-1-3-5(8)6(9)10/h1-2,4-5,7-8,10,14,20H,3,6,9H2,(H,21,22)(H4,17,18,19);1-4,6,9,13H,5,12H2,(H,14,15);5H,1-4,7-8H2,(H2,9,10). The first-order valence-electron chi connectivity index (χ1n) is 15.3. The summed E-state index contributed by atoms with van der Waals surface area (Å²) < 4.78 is 0. The summed E-state index contributed by atoms with van der Waals surface area (Å²) in [6, 6.07) is 19.5. The van der Waals surface area contributed by atoms with E-state index >= 15 is 0 Å². The highest BCUT2D eigenvalue weighted by atomic mass is 16.4. The number of nitrogens with two attached hydrogens (primary N) is 5. The van der Waals surface area contributed by atoms with Gasteiger partial charge in [-0.3, -0.25) is 15.0 Å². The number of unbranched alkanes of at least 4 members (excludes halogenated alkanes) is 1. The molecule has 3 atom stereocenters. The number of amides is 1. The van der Waals surface area contributed by atoms with Crippen LogP contribution in [0.3, 0.4) is 0 Å². The molecule has 254 valence electrons. The third-order valence-corrected chi connectivity index (χ3v) is 7.14. The van der Waals surface area contributed by atoms with Gasteiger partial charge in [0.1, 0.15) is 12.1 Å². The number of carbonyl (C=O) groups excluding carboxylic acids is 1. The molecule has 0 saturated carbocycles. The Kier molecular flexibility index (Phi) is 16.2. The van der Waals surface area contributed by atoms with Crippen molar-refractivity contribution < 1.29 is 24.6 Å². The number of anilines is 1. The fourth-order valence-corrected chi connectivity index (χ4v) is 4.54. The Hall–Kier alpha value is -5.18. The number of guanidine groups is 1. The summed E-state index contributed by atoms with van der Waals surface area (Å²) in [4.78, 5) is 35.4. The van der Waals surface area contributed by atoms with E-state index in [2.05, 4.69) is 15.6 Å². The molecule has 0 aliphatic carbocycles. The lowest BCUT2D eigenvalue weighted by Crippen LogP contribution is -2.36. The molecule has 0 aliphatic rings. The molecule has 1 aromatic heterocycles. The molecule has 0 fully saturated rings. The first kappa shape index (κ1) is 38.0. The normalized spacial score (nSPS) is 12.4. The van der Waals surface area contributed by atoms with Crippen LogP contribution < -0.4 is 39.3 Å². The number of rotatable bonds is 15. The predicted octanol–water partition coefficient (Wildman–Crippen LogP) is 2.02. The zero-order valence-electron chi connectivity index (χ0n) is 26.3. The van der Waals surface area contributed by atoms with Gasteiger partial charge < -0.3 is 54.5 Å². The monoisotopic (exact) mass is 649 g/mol. The fraction of sp³-hybridized carbons (Fsp3) is 0.333. The topological polar surface area (TPSA) is 285 Å². The Morgan fingerprint density at radius 1 is 0.830 bits per heavy atom. The number of fused-ring (bicyclic) bond motifs is 2. The van der Waals surface area contributed by atoms with Crippen LogP contribution in [-0.4, -0.2) is 70.2 Å². The minimum Gasteiger partial charge on any atom is -0.480 e. The Morgan fingerprint density at radius 3 is 2.15 bits per heavy atom. The van der Waals surface area contributed by atoms with Gasteiger partial charge >= 0.3 is 11.9 Å². The van der Waals surface area contributed by atoms with Crippen LogP contribution in [-0.2, 0) is 20.8 Å². The van der Waals surface area contributed by atoms with E-state index < -0.39 is 36.0 Å². The van der Waals surface area contributed by atoms with Gasteiger partial charge in [0.25, 0.3) is 0 Å². The van der Waals surface area contributed by atoms with E-state index in [1.165, 1.54) is 0 Å². The number of carboxylic acids is 2. The molecule has 1 heterocycles. The Morgan fingerprint density at radius 2 is 1.51 bits per heavy atom. The van der Waals surface area contributed by atoms with Gasteiger partial charge in [0.05, 0.1) is 6.04 Å². The second kappa shape index (κ2) is 20.0. The first-order valence-corrected chi connectivity index (χ1v) is 15.3. The highest BCUT2D eigenvalue weighted by Crippen LogP contribution is 2.20. The first-order chi connectivity index (χ1) is 22.4. The lowest BCUT2D eigenvalue weighted by atomic mass is 10.1. The van der Waals surface area contributed by atoms with Crippen LogP contribution in [0.1, 0.15) is 37.7 Å². The minimum absolute atomic E-state index is 0.102. The van der Waals surface area contributed by atoms with Crippen LogP contribution in [0.5, 0.6) is 0 Å². The van der Waals surface area contributed by atoms with E-state index in [9.17, 15) is 19.5 Å². The van der Waals surface area contributed by atoms with Crippen molar-refractivity contribution in [2.45, 2.75) is 56.7 Å². The molecule has 0 radical (unpaired) electrons. The summed E-state index contributed by atoms with van der Waals surface area (Å²) in [5, 5.41) is 34.0. The van der Waals surface area contributed by atoms with E-state index in [1.807, 2.05) is 72.9 Å². The number of benzene rings is 3. The van der Waals surface area contributed by atoms with Gasteiger partial charge in [-0.15, -0.1) is 0 Å². The number of para-hydroxylation sites is 1. The van der Waals surface area contributed by atoms with Gasteiger partial charge in [-0.05, 0) is 66.8 Å². The van der Waals surface area contributed by atoms with Gasteiger partial charge in [-0.1, -0.05) is 55.0 Å². The SMILES string of the molecule is N=C(N)NCCCC(Nc1ccc2ccccc2c1)C(=O)O.NC(Cc1c[nH]c2ccccc12)C(=O)O.NCCCCC(N)C(N)=O. The Labute approximate surface area is 273 Å². The van der Waals surface area contributed by atoms with Gasteiger partial charge in [0.2, 0.25) is 5.91 Å². The molecule has 14 heteroatoms. The van der Waals surface area contributed by atoms with Gasteiger partial charge in [-0.25, -0.2) is 4.79 Å². The van der Waals surface area contributed by atoms with E-state index in [1.54, 1.807) is 0 Å². The number of aromatic amines is 1. The fourth-order valence-electron chi connectivity index (χ4n) is 4.54. The van der Waals surface area contributed by atoms with Crippen LogP contribution in [0.15, 0.2) is 72.9 Å². The highest BCUT2D eigenvalue weighted by Gasteiger charge is 2.17. The molecule has 3 unspecified atom stereocenters. The maximum atomic E-state index is 11.3. The number of aliphatic carboxylic acids is 2. The van der Waals surface area contributed by atoms with Crippen LogP contribution in [0, 0.1) is 5.41 Å². The second-order valence-electron chi connectivity index (χ2n) is 10.9. The zero-order chi connectivity index (χ0) is 34.8. The van der Waals surface area contributed by atoms with Crippen molar-refractivity contribution in [2.24, 2.45) is 28.7 Å². The van der Waals surface area contributed by atoms with Crippen molar-refractivity contribution in [3.05, 3.63) is 78.5 Å². The Balaban J connectivity index is 0.000000266.